The first-order valence-electron chi connectivity index (χ1n) is 7.75. The third kappa shape index (κ3) is 2.94. The zero-order valence-electron chi connectivity index (χ0n) is 13.5. The van der Waals surface area contributed by atoms with E-state index in [0.717, 1.165) is 11.4 Å². The van der Waals surface area contributed by atoms with E-state index in [1.54, 1.807) is 19.2 Å². The van der Waals surface area contributed by atoms with Gasteiger partial charge in [0.25, 0.3) is 5.91 Å². The lowest BCUT2D eigenvalue weighted by molar-refractivity contribution is 0.0891. The van der Waals surface area contributed by atoms with Gasteiger partial charge in [-0.2, -0.15) is 0 Å². The largest absolute Gasteiger partial charge is 0.385 e. The fourth-order valence-corrected chi connectivity index (χ4v) is 2.55. The Morgan fingerprint density at radius 1 is 1.24 bits per heavy atom. The van der Waals surface area contributed by atoms with E-state index in [4.69, 9.17) is 4.74 Å². The van der Waals surface area contributed by atoms with Crippen molar-refractivity contribution >= 4 is 28.9 Å². The SMILES string of the molecule is CNc1cc2nn3c(cnc13)C(=O)NCCOCc1cc(ncn1)N2. The second kappa shape index (κ2) is 6.32. The molecule has 3 aromatic heterocycles. The maximum atomic E-state index is 12.4. The molecule has 0 atom stereocenters. The highest BCUT2D eigenvalue weighted by Crippen LogP contribution is 2.22. The molecule has 10 heteroatoms. The van der Waals surface area contributed by atoms with Crippen molar-refractivity contribution in [2.24, 2.45) is 0 Å². The number of fused-ring (bicyclic) bond motifs is 3. The van der Waals surface area contributed by atoms with Gasteiger partial charge in [-0.25, -0.2) is 19.5 Å². The van der Waals surface area contributed by atoms with Crippen molar-refractivity contribution in [1.82, 2.24) is 29.9 Å². The Kier molecular flexibility index (Phi) is 3.86. The Hall–Kier alpha value is -3.27. The minimum Gasteiger partial charge on any atom is -0.385 e. The third-order valence-electron chi connectivity index (χ3n) is 3.73. The molecule has 0 spiro atoms. The predicted molar refractivity (Wildman–Crippen MR) is 89.8 cm³/mol. The van der Waals surface area contributed by atoms with Gasteiger partial charge in [0.1, 0.15) is 12.1 Å². The van der Waals surface area contributed by atoms with Crippen LogP contribution in [0.3, 0.4) is 0 Å². The number of carbonyl (C=O) groups excluding carboxylic acids is 1. The van der Waals surface area contributed by atoms with Gasteiger partial charge in [-0.3, -0.25) is 4.79 Å². The standard InChI is InChI=1S/C15H16N8O2/c1-16-10-5-13-21-12-4-9(19-8-20-12)7-25-3-2-17-15(24)11-6-18-14(10)23(11)22-13/h4-6,8,16H,2-3,7H2,1H3,(H,17,24)(H,19,20,21,22). The van der Waals surface area contributed by atoms with Crippen LogP contribution in [0.25, 0.3) is 5.65 Å². The van der Waals surface area contributed by atoms with Gasteiger partial charge in [0.2, 0.25) is 0 Å². The van der Waals surface area contributed by atoms with Crippen LogP contribution in [-0.2, 0) is 11.3 Å². The number of hydrogen-bond acceptors (Lipinski definition) is 8. The summed E-state index contributed by atoms with van der Waals surface area (Å²) in [5.41, 5.74) is 2.38. The number of nitrogens with zero attached hydrogens (tertiary/aromatic N) is 5. The number of nitrogens with one attached hydrogen (secondary N) is 3. The van der Waals surface area contributed by atoms with Crippen molar-refractivity contribution in [2.45, 2.75) is 6.61 Å². The van der Waals surface area contributed by atoms with Crippen LogP contribution in [0.15, 0.2) is 24.7 Å². The van der Waals surface area contributed by atoms with Crippen LogP contribution in [0.2, 0.25) is 0 Å². The van der Waals surface area contributed by atoms with Crippen molar-refractivity contribution in [3.63, 3.8) is 0 Å². The van der Waals surface area contributed by atoms with Gasteiger partial charge in [0.05, 0.1) is 30.8 Å². The molecular formula is C15H16N8O2. The van der Waals surface area contributed by atoms with E-state index in [-0.39, 0.29) is 5.91 Å². The van der Waals surface area contributed by atoms with Crippen LogP contribution in [-0.4, -0.2) is 50.7 Å². The lowest BCUT2D eigenvalue weighted by atomic mass is 10.3. The van der Waals surface area contributed by atoms with Crippen LogP contribution in [0, 0.1) is 0 Å². The summed E-state index contributed by atoms with van der Waals surface area (Å²) in [5.74, 6) is 0.840. The molecule has 1 aliphatic heterocycles. The molecule has 0 fully saturated rings. The molecule has 0 saturated heterocycles. The van der Waals surface area contributed by atoms with E-state index in [1.807, 2.05) is 0 Å². The molecule has 25 heavy (non-hydrogen) atoms. The van der Waals surface area contributed by atoms with Crippen molar-refractivity contribution in [2.75, 3.05) is 30.8 Å². The molecule has 3 aromatic rings. The van der Waals surface area contributed by atoms with Crippen LogP contribution >= 0.6 is 0 Å². The van der Waals surface area contributed by atoms with E-state index >= 15 is 0 Å². The van der Waals surface area contributed by atoms with Crippen molar-refractivity contribution < 1.29 is 9.53 Å². The first-order chi connectivity index (χ1) is 12.2. The summed E-state index contributed by atoms with van der Waals surface area (Å²) in [6.07, 6.45) is 2.96. The maximum Gasteiger partial charge on any atom is 0.271 e. The topological polar surface area (TPSA) is 118 Å². The summed E-state index contributed by atoms with van der Waals surface area (Å²) in [5, 5.41) is 13.5. The molecule has 10 nitrogen and oxygen atoms in total. The highest BCUT2D eigenvalue weighted by molar-refractivity contribution is 5.94. The van der Waals surface area contributed by atoms with Gasteiger partial charge in [0.15, 0.2) is 17.2 Å². The third-order valence-corrected chi connectivity index (χ3v) is 3.73. The summed E-state index contributed by atoms with van der Waals surface area (Å²) < 4.78 is 7.03. The molecule has 1 aliphatic rings. The second-order valence-electron chi connectivity index (χ2n) is 5.40. The van der Waals surface area contributed by atoms with Gasteiger partial charge >= 0.3 is 0 Å². The first-order valence-corrected chi connectivity index (χ1v) is 7.75. The Balaban J connectivity index is 1.85. The average Bonchev–Trinajstić information content (AvgIpc) is 3.04. The molecule has 3 N–H and O–H groups in total. The Labute approximate surface area is 142 Å². The molecular weight excluding hydrogens is 324 g/mol. The van der Waals surface area contributed by atoms with Gasteiger partial charge in [-0.15, -0.1) is 5.10 Å². The van der Waals surface area contributed by atoms with E-state index in [9.17, 15) is 4.79 Å². The zero-order valence-corrected chi connectivity index (χ0v) is 13.5. The predicted octanol–water partition coefficient (Wildman–Crippen LogP) is 0.565. The average molecular weight is 340 g/mol. The number of rotatable bonds is 1. The minimum absolute atomic E-state index is 0.269. The first kappa shape index (κ1) is 15.3. The van der Waals surface area contributed by atoms with Crippen molar-refractivity contribution in [3.8, 4) is 0 Å². The van der Waals surface area contributed by atoms with Crippen molar-refractivity contribution in [1.29, 1.82) is 0 Å². The Morgan fingerprint density at radius 3 is 3.04 bits per heavy atom. The lowest BCUT2D eigenvalue weighted by Crippen LogP contribution is -2.28. The highest BCUT2D eigenvalue weighted by atomic mass is 16.5. The molecule has 0 aromatic carbocycles. The molecule has 0 aliphatic carbocycles. The van der Waals surface area contributed by atoms with Gasteiger partial charge < -0.3 is 20.7 Å². The van der Waals surface area contributed by atoms with Gasteiger partial charge in [-0.1, -0.05) is 0 Å². The van der Waals surface area contributed by atoms with Crippen LogP contribution in [0.1, 0.15) is 16.2 Å². The zero-order chi connectivity index (χ0) is 17.2. The van der Waals surface area contributed by atoms with E-state index in [2.05, 4.69) is 36.0 Å². The number of amides is 1. The molecule has 4 rings (SSSR count). The van der Waals surface area contributed by atoms with E-state index < -0.39 is 0 Å². The smallest absolute Gasteiger partial charge is 0.271 e. The van der Waals surface area contributed by atoms with Crippen LogP contribution in [0.4, 0.5) is 17.3 Å². The maximum absolute atomic E-state index is 12.4. The molecule has 4 heterocycles. The van der Waals surface area contributed by atoms with Crippen LogP contribution in [0.5, 0.6) is 0 Å². The Bertz CT molecular complexity index is 938. The molecule has 0 unspecified atom stereocenters. The fraction of sp³-hybridized carbons (Fsp3) is 0.267. The number of aromatic nitrogens is 5. The molecule has 4 bridgehead atoms. The fourth-order valence-electron chi connectivity index (χ4n) is 2.55. The Morgan fingerprint density at radius 2 is 2.16 bits per heavy atom. The molecule has 0 radical (unpaired) electrons. The van der Waals surface area contributed by atoms with Crippen LogP contribution < -0.4 is 16.0 Å². The number of ether oxygens (including phenoxy) is 1. The quantitative estimate of drug-likeness (QED) is 0.588. The minimum atomic E-state index is -0.269. The summed E-state index contributed by atoms with van der Waals surface area (Å²) in [6.45, 7) is 1.08. The van der Waals surface area contributed by atoms with E-state index in [0.29, 0.717) is 42.7 Å². The summed E-state index contributed by atoms with van der Waals surface area (Å²) in [6, 6.07) is 3.60. The monoisotopic (exact) mass is 340 g/mol. The van der Waals surface area contributed by atoms with Gasteiger partial charge in [-0.05, 0) is 0 Å². The number of carbonyl (C=O) groups is 1. The number of hydrogen-bond donors (Lipinski definition) is 3. The van der Waals surface area contributed by atoms with Crippen molar-refractivity contribution in [3.05, 3.63) is 36.0 Å². The number of imidazole rings is 1. The highest BCUT2D eigenvalue weighted by Gasteiger charge is 2.17. The number of anilines is 3. The second-order valence-corrected chi connectivity index (χ2v) is 5.40. The molecule has 1 amide bonds. The summed E-state index contributed by atoms with van der Waals surface area (Å²) in [7, 11) is 1.78. The molecule has 128 valence electrons. The normalized spacial score (nSPS) is 14.7. The summed E-state index contributed by atoms with van der Waals surface area (Å²) in [4.78, 5) is 25.0. The van der Waals surface area contributed by atoms with Gasteiger partial charge in [0, 0.05) is 25.7 Å². The van der Waals surface area contributed by atoms with E-state index in [1.165, 1.54) is 17.0 Å². The molecule has 0 saturated carbocycles. The summed E-state index contributed by atoms with van der Waals surface area (Å²) >= 11 is 0. The lowest BCUT2D eigenvalue weighted by Gasteiger charge is -2.12.